The Hall–Kier alpha value is -1.01. The summed E-state index contributed by atoms with van der Waals surface area (Å²) in [5.41, 5.74) is 3.73. The Kier molecular flexibility index (Phi) is 8.90. The Morgan fingerprint density at radius 1 is 1.27 bits per heavy atom. The first-order valence-electron chi connectivity index (χ1n) is 5.78. The molecule has 0 aromatic heterocycles. The Morgan fingerprint density at radius 3 is 2.47 bits per heavy atom. The van der Waals surface area contributed by atoms with Crippen molar-refractivity contribution >= 4 is 5.97 Å². The van der Waals surface area contributed by atoms with Gasteiger partial charge in [0, 0.05) is 0 Å². The highest BCUT2D eigenvalue weighted by atomic mass is 16.5. The average molecular weight is 210 g/mol. The van der Waals surface area contributed by atoms with Gasteiger partial charge in [0.2, 0.25) is 0 Å². The second-order valence-corrected chi connectivity index (χ2v) is 3.56. The molecule has 0 saturated carbocycles. The van der Waals surface area contributed by atoms with Crippen LogP contribution in [0, 0.1) is 0 Å². The first-order chi connectivity index (χ1) is 7.26. The number of ether oxygens (including phenoxy) is 1. The summed E-state index contributed by atoms with van der Waals surface area (Å²) in [6, 6.07) is 0. The molecule has 86 valence electrons. The number of hydrogen-bond acceptors (Lipinski definition) is 2. The molecule has 0 amide bonds. The van der Waals surface area contributed by atoms with E-state index in [9.17, 15) is 4.79 Å². The molecule has 0 aliphatic heterocycles. The summed E-state index contributed by atoms with van der Waals surface area (Å²) >= 11 is 0. The van der Waals surface area contributed by atoms with Gasteiger partial charge in [-0.3, -0.25) is 0 Å². The Labute approximate surface area is 93.0 Å². The van der Waals surface area contributed by atoms with Gasteiger partial charge in [-0.2, -0.15) is 0 Å². The maximum absolute atomic E-state index is 11.3. The average Bonchev–Trinajstić information content (AvgIpc) is 2.27. The van der Waals surface area contributed by atoms with Gasteiger partial charge < -0.3 is 4.74 Å². The molecular weight excluding hydrogens is 188 g/mol. The smallest absolute Gasteiger partial charge is 0.341 e. The highest BCUT2D eigenvalue weighted by molar-refractivity contribution is 5.87. The molecule has 0 bridgehead atoms. The molecule has 0 aliphatic carbocycles. The van der Waals surface area contributed by atoms with E-state index in [4.69, 9.17) is 4.74 Å². The number of rotatable bonds is 7. The van der Waals surface area contributed by atoms with Gasteiger partial charge in [0.15, 0.2) is 0 Å². The lowest BCUT2D eigenvalue weighted by Crippen LogP contribution is -2.03. The van der Waals surface area contributed by atoms with Gasteiger partial charge in [0.25, 0.3) is 0 Å². The van der Waals surface area contributed by atoms with Gasteiger partial charge in [0.1, 0.15) is 0 Å². The summed E-state index contributed by atoms with van der Waals surface area (Å²) in [6.45, 7) is 4.26. The lowest BCUT2D eigenvalue weighted by molar-refractivity contribution is -0.136. The summed E-state index contributed by atoms with van der Waals surface area (Å²) in [7, 11) is 1.42. The standard InChI is InChI=1S/C13H22O2/c1-4-6-8-9-11-12(10-7-5-2)13(14)15-3/h9H,4-8,10H2,1-3H3. The molecule has 0 fully saturated rings. The van der Waals surface area contributed by atoms with E-state index in [0.29, 0.717) is 5.57 Å². The van der Waals surface area contributed by atoms with Crippen molar-refractivity contribution < 1.29 is 9.53 Å². The summed E-state index contributed by atoms with van der Waals surface area (Å²) < 4.78 is 4.71. The van der Waals surface area contributed by atoms with E-state index < -0.39 is 0 Å². The van der Waals surface area contributed by atoms with Crippen LogP contribution in [-0.2, 0) is 9.53 Å². The minimum absolute atomic E-state index is 0.240. The highest BCUT2D eigenvalue weighted by Crippen LogP contribution is 2.08. The lowest BCUT2D eigenvalue weighted by atomic mass is 10.1. The van der Waals surface area contributed by atoms with Crippen LogP contribution in [0.25, 0.3) is 0 Å². The van der Waals surface area contributed by atoms with Gasteiger partial charge in [-0.05, 0) is 31.8 Å². The van der Waals surface area contributed by atoms with Crippen LogP contribution in [0.15, 0.2) is 17.4 Å². The molecule has 0 radical (unpaired) electrons. The van der Waals surface area contributed by atoms with E-state index in [-0.39, 0.29) is 5.97 Å². The molecule has 0 heterocycles. The second-order valence-electron chi connectivity index (χ2n) is 3.56. The van der Waals surface area contributed by atoms with Crippen LogP contribution in [0.4, 0.5) is 0 Å². The van der Waals surface area contributed by atoms with Gasteiger partial charge in [-0.15, -0.1) is 5.73 Å². The zero-order valence-corrected chi connectivity index (χ0v) is 10.1. The third-order valence-electron chi connectivity index (χ3n) is 2.19. The quantitative estimate of drug-likeness (QED) is 0.277. The second kappa shape index (κ2) is 9.54. The van der Waals surface area contributed by atoms with Crippen LogP contribution in [-0.4, -0.2) is 13.1 Å². The number of carbonyl (C=O) groups excluding carboxylic acids is 1. The van der Waals surface area contributed by atoms with Crippen molar-refractivity contribution in [3.05, 3.63) is 17.4 Å². The fraction of sp³-hybridized carbons (Fsp3) is 0.692. The van der Waals surface area contributed by atoms with Gasteiger partial charge in [-0.1, -0.05) is 26.7 Å². The van der Waals surface area contributed by atoms with Gasteiger partial charge in [-0.25, -0.2) is 4.79 Å². The van der Waals surface area contributed by atoms with E-state index in [1.54, 1.807) is 0 Å². The zero-order chi connectivity index (χ0) is 11.5. The number of methoxy groups -OCH3 is 1. The molecule has 0 N–H and O–H groups in total. The molecule has 0 spiro atoms. The number of unbranched alkanes of at least 4 members (excludes halogenated alkanes) is 3. The van der Waals surface area contributed by atoms with E-state index in [1.165, 1.54) is 13.5 Å². The van der Waals surface area contributed by atoms with Crippen LogP contribution in [0.1, 0.15) is 52.4 Å². The predicted octanol–water partition coefficient (Wildman–Crippen LogP) is 3.62. The number of esters is 1. The molecule has 0 unspecified atom stereocenters. The lowest BCUT2D eigenvalue weighted by Gasteiger charge is -2.00. The van der Waals surface area contributed by atoms with Crippen LogP contribution in [0.3, 0.4) is 0 Å². The van der Waals surface area contributed by atoms with Crippen molar-refractivity contribution in [2.75, 3.05) is 7.11 Å². The number of hydrogen-bond donors (Lipinski definition) is 0. The summed E-state index contributed by atoms with van der Waals surface area (Å²) in [4.78, 5) is 11.3. The third-order valence-corrected chi connectivity index (χ3v) is 2.19. The first-order valence-corrected chi connectivity index (χ1v) is 5.78. The Morgan fingerprint density at radius 2 is 1.93 bits per heavy atom. The molecule has 2 nitrogen and oxygen atoms in total. The van der Waals surface area contributed by atoms with Crippen LogP contribution in [0.2, 0.25) is 0 Å². The normalized spacial score (nSPS) is 9.27. The topological polar surface area (TPSA) is 26.3 Å². The van der Waals surface area contributed by atoms with E-state index in [1.807, 2.05) is 6.08 Å². The Balaban J connectivity index is 4.32. The van der Waals surface area contributed by atoms with Crippen molar-refractivity contribution in [2.24, 2.45) is 0 Å². The zero-order valence-electron chi connectivity index (χ0n) is 10.1. The molecule has 0 aromatic carbocycles. The predicted molar refractivity (Wildman–Crippen MR) is 62.7 cm³/mol. The van der Waals surface area contributed by atoms with Crippen LogP contribution in [0.5, 0.6) is 0 Å². The first kappa shape index (κ1) is 14.0. The largest absolute Gasteiger partial charge is 0.465 e. The van der Waals surface area contributed by atoms with E-state index in [2.05, 4.69) is 19.6 Å². The molecule has 0 aliphatic rings. The fourth-order valence-corrected chi connectivity index (χ4v) is 1.21. The maximum Gasteiger partial charge on any atom is 0.341 e. The highest BCUT2D eigenvalue weighted by Gasteiger charge is 2.07. The minimum atomic E-state index is -0.240. The van der Waals surface area contributed by atoms with Crippen molar-refractivity contribution in [1.29, 1.82) is 0 Å². The van der Waals surface area contributed by atoms with Gasteiger partial charge >= 0.3 is 5.97 Å². The summed E-state index contributed by atoms with van der Waals surface area (Å²) in [6.07, 6.45) is 8.12. The molecule has 0 saturated heterocycles. The van der Waals surface area contributed by atoms with E-state index in [0.717, 1.165) is 32.1 Å². The minimum Gasteiger partial charge on any atom is -0.465 e. The van der Waals surface area contributed by atoms with Crippen LogP contribution < -0.4 is 0 Å². The molecule has 0 atom stereocenters. The molecule has 0 aromatic rings. The monoisotopic (exact) mass is 210 g/mol. The van der Waals surface area contributed by atoms with Crippen molar-refractivity contribution in [3.63, 3.8) is 0 Å². The van der Waals surface area contributed by atoms with Crippen molar-refractivity contribution in [3.8, 4) is 0 Å². The molecule has 0 rings (SSSR count). The number of carbonyl (C=O) groups is 1. The molecule has 2 heteroatoms. The third kappa shape index (κ3) is 6.98. The summed E-state index contributed by atoms with van der Waals surface area (Å²) in [5, 5.41) is 0. The van der Waals surface area contributed by atoms with Crippen molar-refractivity contribution in [2.45, 2.75) is 52.4 Å². The van der Waals surface area contributed by atoms with Crippen molar-refractivity contribution in [1.82, 2.24) is 0 Å². The summed E-state index contributed by atoms with van der Waals surface area (Å²) in [5.74, 6) is -0.240. The molecular formula is C13H22O2. The SMILES string of the molecule is CCCCC=C=C(CCCC)C(=O)OC. The maximum atomic E-state index is 11.3. The van der Waals surface area contributed by atoms with Crippen LogP contribution >= 0.6 is 0 Å². The fourth-order valence-electron chi connectivity index (χ4n) is 1.21. The van der Waals surface area contributed by atoms with E-state index >= 15 is 0 Å². The van der Waals surface area contributed by atoms with Gasteiger partial charge in [0.05, 0.1) is 12.7 Å². The Bertz CT molecular complexity index is 235. The molecule has 15 heavy (non-hydrogen) atoms.